The molecule has 4 amide bonds. The molecular formula is C23H18ClFN6O4. The van der Waals surface area contributed by atoms with Crippen LogP contribution in [0, 0.1) is 5.82 Å². The maximum absolute atomic E-state index is 13.6. The maximum Gasteiger partial charge on any atom is 0.255 e. The van der Waals surface area contributed by atoms with Gasteiger partial charge in [-0.1, -0.05) is 22.9 Å². The van der Waals surface area contributed by atoms with Crippen molar-refractivity contribution in [2.45, 2.75) is 32.0 Å². The van der Waals surface area contributed by atoms with Crippen molar-refractivity contribution in [3.8, 4) is 11.3 Å². The van der Waals surface area contributed by atoms with Crippen LogP contribution in [-0.4, -0.2) is 49.6 Å². The van der Waals surface area contributed by atoms with Gasteiger partial charge in [-0.15, -0.1) is 5.10 Å². The number of piperidine rings is 1. The van der Waals surface area contributed by atoms with Crippen LogP contribution < -0.4 is 10.6 Å². The number of fused-ring (bicyclic) bond motifs is 1. The first-order valence-electron chi connectivity index (χ1n) is 10.7. The number of anilines is 1. The number of nitrogens with zero attached hydrogens (tertiary/aromatic N) is 4. The molecule has 0 bridgehead atoms. The van der Waals surface area contributed by atoms with Gasteiger partial charge in [0.05, 0.1) is 11.2 Å². The molecule has 2 aliphatic rings. The molecule has 2 aliphatic heterocycles. The van der Waals surface area contributed by atoms with Crippen LogP contribution in [0.3, 0.4) is 0 Å². The van der Waals surface area contributed by atoms with Gasteiger partial charge in [0, 0.05) is 35.3 Å². The zero-order chi connectivity index (χ0) is 24.7. The van der Waals surface area contributed by atoms with Crippen LogP contribution in [-0.2, 0) is 27.5 Å². The van der Waals surface area contributed by atoms with E-state index in [2.05, 4.69) is 20.9 Å². The zero-order valence-electron chi connectivity index (χ0n) is 18.1. The quantitative estimate of drug-likeness (QED) is 0.521. The lowest BCUT2D eigenvalue weighted by molar-refractivity contribution is -0.137. The number of amides is 4. The highest BCUT2D eigenvalue weighted by molar-refractivity contribution is 6.33. The maximum atomic E-state index is 13.6. The molecule has 0 radical (unpaired) electrons. The summed E-state index contributed by atoms with van der Waals surface area (Å²) < 4.78 is 14.9. The number of hydrogen-bond donors (Lipinski definition) is 2. The van der Waals surface area contributed by atoms with Gasteiger partial charge in [-0.05, 0) is 36.8 Å². The van der Waals surface area contributed by atoms with Gasteiger partial charge < -0.3 is 10.2 Å². The molecule has 1 saturated heterocycles. The van der Waals surface area contributed by atoms with Crippen LogP contribution in [0.15, 0.2) is 42.6 Å². The number of aromatic nitrogens is 3. The summed E-state index contributed by atoms with van der Waals surface area (Å²) in [6, 6.07) is 8.05. The Hall–Kier alpha value is -4.12. The minimum absolute atomic E-state index is 0.127. The van der Waals surface area contributed by atoms with Crippen LogP contribution in [0.25, 0.3) is 11.3 Å². The molecule has 5 rings (SSSR count). The first kappa shape index (κ1) is 22.7. The van der Waals surface area contributed by atoms with Gasteiger partial charge in [-0.2, -0.15) is 0 Å². The first-order chi connectivity index (χ1) is 16.8. The monoisotopic (exact) mass is 496 g/mol. The standard InChI is InChI=1S/C23H18ClFN6O4/c24-16-5-4-12(25)8-14(16)18-10-30(29-28-18)11-21(33)26-17-3-1-2-13-15(17)9-31(23(13)35)19-6-7-20(32)27-22(19)34/h1-5,8,10,19H,6-7,9,11H2,(H,26,33)(H,27,32,34). The Morgan fingerprint density at radius 1 is 1.20 bits per heavy atom. The summed E-state index contributed by atoms with van der Waals surface area (Å²) >= 11 is 6.11. The van der Waals surface area contributed by atoms with Crippen molar-refractivity contribution in [2.75, 3.05) is 5.32 Å². The number of carbonyl (C=O) groups excluding carboxylic acids is 4. The molecule has 12 heteroatoms. The largest absolute Gasteiger partial charge is 0.324 e. The third-order valence-corrected chi connectivity index (χ3v) is 6.23. The number of nitrogens with one attached hydrogen (secondary N) is 2. The number of rotatable bonds is 5. The number of hydrogen-bond acceptors (Lipinski definition) is 6. The van der Waals surface area contributed by atoms with Crippen LogP contribution >= 0.6 is 11.6 Å². The van der Waals surface area contributed by atoms with E-state index in [1.54, 1.807) is 18.2 Å². The molecule has 2 aromatic carbocycles. The summed E-state index contributed by atoms with van der Waals surface area (Å²) in [6.07, 6.45) is 1.88. The van der Waals surface area contributed by atoms with Gasteiger partial charge in [0.2, 0.25) is 17.7 Å². The third-order valence-electron chi connectivity index (χ3n) is 5.90. The lowest BCUT2D eigenvalue weighted by Gasteiger charge is -2.29. The second-order valence-electron chi connectivity index (χ2n) is 8.21. The molecule has 0 spiro atoms. The average Bonchev–Trinajstić information content (AvgIpc) is 3.41. The molecule has 0 aliphatic carbocycles. The number of benzene rings is 2. The predicted octanol–water partition coefficient (Wildman–Crippen LogP) is 2.14. The molecule has 1 fully saturated rings. The molecular weight excluding hydrogens is 479 g/mol. The Morgan fingerprint density at radius 2 is 2.03 bits per heavy atom. The Morgan fingerprint density at radius 3 is 2.83 bits per heavy atom. The summed E-state index contributed by atoms with van der Waals surface area (Å²) in [5.41, 5.74) is 2.07. The number of halogens is 2. The second kappa shape index (κ2) is 8.91. The first-order valence-corrected chi connectivity index (χ1v) is 11.1. The highest BCUT2D eigenvalue weighted by Crippen LogP contribution is 2.32. The summed E-state index contributed by atoms with van der Waals surface area (Å²) in [4.78, 5) is 50.8. The topological polar surface area (TPSA) is 126 Å². The van der Waals surface area contributed by atoms with E-state index in [0.717, 1.165) is 0 Å². The predicted molar refractivity (Wildman–Crippen MR) is 122 cm³/mol. The van der Waals surface area contributed by atoms with Crippen LogP contribution in [0.1, 0.15) is 28.8 Å². The highest BCUT2D eigenvalue weighted by atomic mass is 35.5. The van der Waals surface area contributed by atoms with E-state index in [1.807, 2.05) is 0 Å². The Kier molecular flexibility index (Phi) is 5.77. The summed E-state index contributed by atoms with van der Waals surface area (Å²) in [5, 5.41) is 13.2. The molecule has 35 heavy (non-hydrogen) atoms. The van der Waals surface area contributed by atoms with Crippen molar-refractivity contribution < 1.29 is 23.6 Å². The lowest BCUT2D eigenvalue weighted by Crippen LogP contribution is -2.52. The second-order valence-corrected chi connectivity index (χ2v) is 8.61. The van der Waals surface area contributed by atoms with Crippen molar-refractivity contribution in [3.05, 3.63) is 64.6 Å². The minimum Gasteiger partial charge on any atom is -0.324 e. The fourth-order valence-corrected chi connectivity index (χ4v) is 4.45. The van der Waals surface area contributed by atoms with Gasteiger partial charge in [0.25, 0.3) is 5.91 Å². The van der Waals surface area contributed by atoms with E-state index in [9.17, 15) is 23.6 Å². The van der Waals surface area contributed by atoms with Crippen LogP contribution in [0.2, 0.25) is 5.02 Å². The third kappa shape index (κ3) is 4.37. The number of carbonyl (C=O) groups is 4. The fourth-order valence-electron chi connectivity index (χ4n) is 4.23. The minimum atomic E-state index is -0.751. The molecule has 2 N–H and O–H groups in total. The Bertz CT molecular complexity index is 1390. The van der Waals surface area contributed by atoms with E-state index >= 15 is 0 Å². The molecule has 1 atom stereocenters. The molecule has 178 valence electrons. The van der Waals surface area contributed by atoms with Crippen molar-refractivity contribution >= 4 is 40.9 Å². The van der Waals surface area contributed by atoms with E-state index in [1.165, 1.54) is 34.0 Å². The summed E-state index contributed by atoms with van der Waals surface area (Å²) in [6.45, 7) is -0.0587. The van der Waals surface area contributed by atoms with E-state index in [4.69, 9.17) is 11.6 Å². The van der Waals surface area contributed by atoms with E-state index in [0.29, 0.717) is 33.1 Å². The van der Waals surface area contributed by atoms with Crippen molar-refractivity contribution in [1.82, 2.24) is 25.2 Å². The smallest absolute Gasteiger partial charge is 0.255 e. The van der Waals surface area contributed by atoms with Gasteiger partial charge in [-0.3, -0.25) is 24.5 Å². The average molecular weight is 497 g/mol. The van der Waals surface area contributed by atoms with Crippen LogP contribution in [0.4, 0.5) is 10.1 Å². The molecule has 10 nitrogen and oxygen atoms in total. The van der Waals surface area contributed by atoms with Gasteiger partial charge in [-0.25, -0.2) is 9.07 Å². The van der Waals surface area contributed by atoms with Crippen molar-refractivity contribution in [1.29, 1.82) is 0 Å². The highest BCUT2D eigenvalue weighted by Gasteiger charge is 2.39. The molecule has 0 saturated carbocycles. The SMILES string of the molecule is O=C1CCC(N2Cc3c(NC(=O)Cn4cc(-c5cc(F)ccc5Cl)nn4)cccc3C2=O)C(=O)N1. The number of imide groups is 1. The zero-order valence-corrected chi connectivity index (χ0v) is 18.9. The molecule has 1 aromatic heterocycles. The summed E-state index contributed by atoms with van der Waals surface area (Å²) in [5.74, 6) is -2.10. The van der Waals surface area contributed by atoms with Gasteiger partial charge in [0.1, 0.15) is 24.1 Å². The lowest BCUT2D eigenvalue weighted by atomic mass is 10.0. The van der Waals surface area contributed by atoms with Crippen molar-refractivity contribution in [2.24, 2.45) is 0 Å². The fraction of sp³-hybridized carbons (Fsp3) is 0.217. The summed E-state index contributed by atoms with van der Waals surface area (Å²) in [7, 11) is 0. The molecule has 1 unspecified atom stereocenters. The van der Waals surface area contributed by atoms with Crippen LogP contribution in [0.5, 0.6) is 0 Å². The van der Waals surface area contributed by atoms with E-state index < -0.39 is 23.7 Å². The normalized spacial score (nSPS) is 17.4. The molecule has 3 aromatic rings. The Labute approximate surface area is 203 Å². The van der Waals surface area contributed by atoms with E-state index in [-0.39, 0.29) is 37.7 Å². The Balaban J connectivity index is 1.30. The van der Waals surface area contributed by atoms with Crippen molar-refractivity contribution in [3.63, 3.8) is 0 Å². The van der Waals surface area contributed by atoms with Gasteiger partial charge >= 0.3 is 0 Å². The molecule has 3 heterocycles. The van der Waals surface area contributed by atoms with Gasteiger partial charge in [0.15, 0.2) is 0 Å².